The third kappa shape index (κ3) is 17.9. The van der Waals surface area contributed by atoms with Gasteiger partial charge in [-0.05, 0) is 24.8 Å². The predicted molar refractivity (Wildman–Crippen MR) is 106 cm³/mol. The van der Waals surface area contributed by atoms with E-state index in [0.717, 1.165) is 12.6 Å². The molecule has 0 aliphatic rings. The molecule has 1 unspecified atom stereocenters. The van der Waals surface area contributed by atoms with E-state index in [1.165, 1.54) is 78.1 Å². The van der Waals surface area contributed by atoms with E-state index < -0.39 is 27.3 Å². The highest BCUT2D eigenvalue weighted by Gasteiger charge is 2.21. The number of amides is 1. The lowest BCUT2D eigenvalue weighted by atomic mass is 10.1. The maximum atomic E-state index is 10.7. The molecule has 156 valence electrons. The maximum absolute atomic E-state index is 10.7. The van der Waals surface area contributed by atoms with E-state index >= 15 is 0 Å². The van der Waals surface area contributed by atoms with Crippen molar-refractivity contribution in [3.05, 3.63) is 12.7 Å². The van der Waals surface area contributed by atoms with E-state index in [2.05, 4.69) is 19.2 Å². The van der Waals surface area contributed by atoms with Crippen LogP contribution in [0.3, 0.4) is 0 Å². The van der Waals surface area contributed by atoms with Gasteiger partial charge in [-0.3, -0.25) is 4.79 Å². The average Bonchev–Trinajstić information content (AvgIpc) is 2.57. The summed E-state index contributed by atoms with van der Waals surface area (Å²) in [6.07, 6.45) is 15.2. The Hall–Kier alpha value is -0.920. The van der Waals surface area contributed by atoms with Gasteiger partial charge in [0.1, 0.15) is 15.5 Å². The van der Waals surface area contributed by atoms with Crippen molar-refractivity contribution in [2.75, 3.05) is 6.54 Å². The summed E-state index contributed by atoms with van der Waals surface area (Å²) in [6.45, 7) is 9.61. The van der Waals surface area contributed by atoms with Crippen molar-refractivity contribution < 1.29 is 23.5 Å². The third-order valence-corrected chi connectivity index (χ3v) is 5.27. The van der Waals surface area contributed by atoms with Gasteiger partial charge in [0.05, 0.1) is 6.54 Å². The molecule has 0 aromatic rings. The smallest absolute Gasteiger partial charge is 0.244 e. The van der Waals surface area contributed by atoms with Gasteiger partial charge >= 0.3 is 0 Å². The SMILES string of the molecule is C=CC(=O)NC(C(C)C)S(=O)(=O)[O-].CCCCCCCCCCCC[NH3+]. The van der Waals surface area contributed by atoms with Gasteiger partial charge < -0.3 is 15.6 Å². The molecule has 0 aromatic carbocycles. The van der Waals surface area contributed by atoms with Gasteiger partial charge in [-0.15, -0.1) is 0 Å². The molecule has 0 saturated heterocycles. The lowest BCUT2D eigenvalue weighted by molar-refractivity contribution is -0.368. The molecule has 0 aliphatic carbocycles. The highest BCUT2D eigenvalue weighted by atomic mass is 32.2. The zero-order valence-electron chi connectivity index (χ0n) is 17.0. The molecule has 1 amide bonds. The fourth-order valence-electron chi connectivity index (χ4n) is 2.44. The fourth-order valence-corrected chi connectivity index (χ4v) is 3.36. The Morgan fingerprint density at radius 2 is 1.46 bits per heavy atom. The van der Waals surface area contributed by atoms with E-state index in [9.17, 15) is 17.8 Å². The third-order valence-electron chi connectivity index (χ3n) is 3.99. The molecule has 6 nitrogen and oxygen atoms in total. The van der Waals surface area contributed by atoms with Crippen LogP contribution in [0, 0.1) is 5.92 Å². The fraction of sp³-hybridized carbons (Fsp3) is 0.842. The van der Waals surface area contributed by atoms with Crippen LogP contribution >= 0.6 is 0 Å². The Balaban J connectivity index is 0. The van der Waals surface area contributed by atoms with Crippen LogP contribution in [0.5, 0.6) is 0 Å². The molecule has 0 aromatic heterocycles. The summed E-state index contributed by atoms with van der Waals surface area (Å²) in [6, 6.07) is 0. The Morgan fingerprint density at radius 1 is 1.04 bits per heavy atom. The van der Waals surface area contributed by atoms with E-state index in [-0.39, 0.29) is 0 Å². The second kappa shape index (κ2) is 17.5. The number of carbonyl (C=O) groups is 1. The Bertz CT molecular complexity index is 440. The van der Waals surface area contributed by atoms with Crippen LogP contribution in [-0.2, 0) is 14.9 Å². The molecule has 0 bridgehead atoms. The van der Waals surface area contributed by atoms with Crippen molar-refractivity contribution in [2.24, 2.45) is 5.92 Å². The topological polar surface area (TPSA) is 114 Å². The Labute approximate surface area is 160 Å². The van der Waals surface area contributed by atoms with E-state index in [1.807, 2.05) is 5.32 Å². The summed E-state index contributed by atoms with van der Waals surface area (Å²) >= 11 is 0. The maximum Gasteiger partial charge on any atom is 0.244 e. The molecular formula is C19H40N2O4S. The second-order valence-electron chi connectivity index (χ2n) is 6.91. The number of hydrogen-bond acceptors (Lipinski definition) is 4. The van der Waals surface area contributed by atoms with Crippen molar-refractivity contribution in [2.45, 2.75) is 90.4 Å². The van der Waals surface area contributed by atoms with Crippen molar-refractivity contribution in [1.29, 1.82) is 0 Å². The summed E-state index contributed by atoms with van der Waals surface area (Å²) in [4.78, 5) is 10.7. The first-order valence-corrected chi connectivity index (χ1v) is 11.3. The molecule has 0 heterocycles. The van der Waals surface area contributed by atoms with E-state index in [4.69, 9.17) is 0 Å². The molecule has 1 atom stereocenters. The molecule has 0 saturated carbocycles. The van der Waals surface area contributed by atoms with Crippen LogP contribution in [0.25, 0.3) is 0 Å². The quantitative estimate of drug-likeness (QED) is 0.269. The number of hydrogen-bond donors (Lipinski definition) is 2. The van der Waals surface area contributed by atoms with Gasteiger partial charge in [0.15, 0.2) is 0 Å². The van der Waals surface area contributed by atoms with Crippen molar-refractivity contribution in [3.63, 3.8) is 0 Å². The molecular weight excluding hydrogens is 352 g/mol. The summed E-state index contributed by atoms with van der Waals surface area (Å²) in [5.41, 5.74) is 3.85. The summed E-state index contributed by atoms with van der Waals surface area (Å²) < 4.78 is 31.9. The minimum absolute atomic E-state index is 0.466. The zero-order valence-corrected chi connectivity index (χ0v) is 17.8. The van der Waals surface area contributed by atoms with Crippen LogP contribution in [0.1, 0.15) is 85.0 Å². The van der Waals surface area contributed by atoms with E-state index in [1.54, 1.807) is 0 Å². The van der Waals surface area contributed by atoms with Gasteiger partial charge in [-0.1, -0.05) is 78.7 Å². The zero-order chi connectivity index (χ0) is 20.4. The number of unbranched alkanes of at least 4 members (excludes halogenated alkanes) is 9. The monoisotopic (exact) mass is 392 g/mol. The lowest BCUT2D eigenvalue weighted by Crippen LogP contribution is -2.50. The van der Waals surface area contributed by atoms with Gasteiger partial charge in [0.2, 0.25) is 5.91 Å². The normalized spacial score (nSPS) is 12.2. The first kappa shape index (κ1) is 27.3. The van der Waals surface area contributed by atoms with Gasteiger partial charge in [-0.25, -0.2) is 8.42 Å². The highest BCUT2D eigenvalue weighted by Crippen LogP contribution is 2.10. The summed E-state index contributed by atoms with van der Waals surface area (Å²) in [5, 5.41) is 0.658. The first-order valence-electron chi connectivity index (χ1n) is 9.87. The van der Waals surface area contributed by atoms with Crippen LogP contribution in [-0.4, -0.2) is 30.8 Å². The summed E-state index contributed by atoms with van der Waals surface area (Å²) in [7, 11) is -4.50. The first-order chi connectivity index (χ1) is 12.2. The van der Waals surface area contributed by atoms with Gasteiger partial charge in [-0.2, -0.15) is 0 Å². The largest absolute Gasteiger partial charge is 0.746 e. The van der Waals surface area contributed by atoms with Crippen LogP contribution in [0.15, 0.2) is 12.7 Å². The Morgan fingerprint density at radius 3 is 1.77 bits per heavy atom. The molecule has 0 radical (unpaired) electrons. The standard InChI is InChI=1S/C12H27N.C7H13NO4S/c1-2-3-4-5-6-7-8-9-10-11-12-13;1-4-6(9)8-7(5(2)3)13(10,11)12/h2-13H2,1H3;4-5,7H,1H2,2-3H3,(H,8,9)(H,10,11,12). The van der Waals surface area contributed by atoms with Crippen molar-refractivity contribution >= 4 is 16.0 Å². The average molecular weight is 393 g/mol. The van der Waals surface area contributed by atoms with Crippen LogP contribution in [0.4, 0.5) is 0 Å². The predicted octanol–water partition coefficient (Wildman–Crippen LogP) is 2.97. The van der Waals surface area contributed by atoms with E-state index in [0.29, 0.717) is 0 Å². The number of carbonyl (C=O) groups excluding carboxylic acids is 1. The van der Waals surface area contributed by atoms with Crippen molar-refractivity contribution in [3.8, 4) is 0 Å². The van der Waals surface area contributed by atoms with Crippen molar-refractivity contribution in [1.82, 2.24) is 5.32 Å². The van der Waals surface area contributed by atoms with Gasteiger partial charge in [0.25, 0.3) is 0 Å². The lowest BCUT2D eigenvalue weighted by Gasteiger charge is -2.24. The molecule has 0 aliphatic heterocycles. The molecule has 26 heavy (non-hydrogen) atoms. The number of nitrogens with one attached hydrogen (secondary N) is 1. The number of rotatable bonds is 14. The Kier molecular flexibility index (Phi) is 18.4. The molecule has 0 rings (SSSR count). The minimum Gasteiger partial charge on any atom is -0.746 e. The van der Waals surface area contributed by atoms with Gasteiger partial charge in [0, 0.05) is 0 Å². The molecule has 4 N–H and O–H groups in total. The number of quaternary nitrogens is 1. The van der Waals surface area contributed by atoms with Crippen LogP contribution in [0.2, 0.25) is 0 Å². The highest BCUT2D eigenvalue weighted by molar-refractivity contribution is 7.86. The van der Waals surface area contributed by atoms with Crippen LogP contribution < -0.4 is 11.1 Å². The summed E-state index contributed by atoms with van der Waals surface area (Å²) in [5.74, 6) is -1.13. The minimum atomic E-state index is -4.50. The molecule has 0 spiro atoms. The molecule has 0 fully saturated rings. The second-order valence-corrected chi connectivity index (χ2v) is 8.40. The molecule has 7 heteroatoms.